The first-order chi connectivity index (χ1) is 17.7. The number of carboxylic acid groups (broad SMARTS) is 1. The third-order valence-electron chi connectivity index (χ3n) is 7.69. The molecule has 1 aromatic carbocycles. The average molecular weight is 533 g/mol. The first kappa shape index (κ1) is 26.1. The number of pyridine rings is 1. The zero-order chi connectivity index (χ0) is 27.8. The fourth-order valence-corrected chi connectivity index (χ4v) is 5.70. The van der Waals surface area contributed by atoms with Gasteiger partial charge >= 0.3 is 11.9 Å². The Morgan fingerprint density at radius 3 is 2.53 bits per heavy atom. The van der Waals surface area contributed by atoms with E-state index in [-0.39, 0.29) is 48.7 Å². The Morgan fingerprint density at radius 1 is 1.26 bits per heavy atom. The summed E-state index contributed by atoms with van der Waals surface area (Å²) in [7, 11) is 0. The Balaban J connectivity index is 1.55. The van der Waals surface area contributed by atoms with Crippen LogP contribution in [0.4, 0.5) is 14.5 Å². The fourth-order valence-electron chi connectivity index (χ4n) is 5.70. The van der Waals surface area contributed by atoms with Gasteiger partial charge in [-0.2, -0.15) is 0 Å². The van der Waals surface area contributed by atoms with E-state index < -0.39 is 57.0 Å². The summed E-state index contributed by atoms with van der Waals surface area (Å²) in [6, 6.07) is 0.694. The van der Waals surface area contributed by atoms with Crippen LogP contribution in [0, 0.1) is 17.0 Å². The van der Waals surface area contributed by atoms with Crippen LogP contribution in [-0.2, 0) is 14.3 Å². The van der Waals surface area contributed by atoms with Gasteiger partial charge in [0.1, 0.15) is 28.2 Å². The van der Waals surface area contributed by atoms with Crippen molar-refractivity contribution in [1.82, 2.24) is 9.88 Å². The number of hydrogen-bond acceptors (Lipinski definition) is 7. The minimum Gasteiger partial charge on any atom is -0.477 e. The first-order valence-electron chi connectivity index (χ1n) is 12.5. The van der Waals surface area contributed by atoms with Crippen LogP contribution in [0.1, 0.15) is 62.9 Å². The van der Waals surface area contributed by atoms with Crippen molar-refractivity contribution >= 4 is 34.4 Å². The topological polar surface area (TPSA) is 144 Å². The molecule has 10 nitrogen and oxygen atoms in total. The monoisotopic (exact) mass is 532 g/mol. The summed E-state index contributed by atoms with van der Waals surface area (Å²) in [4.78, 5) is 51.3. The van der Waals surface area contributed by atoms with Crippen molar-refractivity contribution in [2.75, 3.05) is 24.5 Å². The smallest absolute Gasteiger partial charge is 0.341 e. The molecule has 1 amide bonds. The lowest BCUT2D eigenvalue weighted by Crippen LogP contribution is -2.52. The Bertz CT molecular complexity index is 1450. The molecule has 5 rings (SSSR count). The van der Waals surface area contributed by atoms with Gasteiger partial charge in [-0.1, -0.05) is 0 Å². The predicted octanol–water partition coefficient (Wildman–Crippen LogP) is 2.07. The third kappa shape index (κ3) is 4.01. The average Bonchev–Trinajstić information content (AvgIpc) is 3.71. The van der Waals surface area contributed by atoms with Gasteiger partial charge in [-0.05, 0) is 52.5 Å². The molecule has 4 N–H and O–H groups in total. The summed E-state index contributed by atoms with van der Waals surface area (Å²) in [6.07, 6.45) is 3.05. The molecule has 3 fully saturated rings. The van der Waals surface area contributed by atoms with Crippen molar-refractivity contribution in [2.45, 2.75) is 63.6 Å². The van der Waals surface area contributed by atoms with Gasteiger partial charge in [0.2, 0.25) is 11.3 Å². The summed E-state index contributed by atoms with van der Waals surface area (Å²) >= 11 is 0. The summed E-state index contributed by atoms with van der Waals surface area (Å²) in [5, 5.41) is 11.8. The molecule has 1 spiro atoms. The number of nitrogens with one attached hydrogen (secondary N) is 1. The molecule has 12 heteroatoms. The molecule has 1 aromatic heterocycles. The highest BCUT2D eigenvalue weighted by molar-refractivity contribution is 5.95. The molecular formula is C26H30F2N4O6. The van der Waals surface area contributed by atoms with Crippen LogP contribution in [0.15, 0.2) is 17.1 Å². The number of fused-ring (bicyclic) bond motifs is 1. The zero-order valence-electron chi connectivity index (χ0n) is 21.4. The normalized spacial score (nSPS) is 24.6. The van der Waals surface area contributed by atoms with E-state index in [9.17, 15) is 24.3 Å². The second kappa shape index (κ2) is 8.48. The molecule has 38 heavy (non-hydrogen) atoms. The number of nitrogens with two attached hydrogens (primary N) is 1. The minimum absolute atomic E-state index is 0.0529. The van der Waals surface area contributed by atoms with Gasteiger partial charge in [0.15, 0.2) is 5.82 Å². The van der Waals surface area contributed by atoms with Gasteiger partial charge in [0, 0.05) is 30.7 Å². The molecule has 3 aliphatic rings. The Labute approximate surface area is 216 Å². The van der Waals surface area contributed by atoms with E-state index >= 15 is 8.78 Å². The van der Waals surface area contributed by atoms with Crippen LogP contribution in [-0.4, -0.2) is 58.3 Å². The number of carboxylic acids is 1. The largest absolute Gasteiger partial charge is 0.477 e. The number of benzene rings is 1. The quantitative estimate of drug-likeness (QED) is 0.480. The van der Waals surface area contributed by atoms with Crippen LogP contribution in [0.25, 0.3) is 10.9 Å². The predicted molar refractivity (Wildman–Crippen MR) is 133 cm³/mol. The maximum absolute atomic E-state index is 16.1. The molecular weight excluding hydrogens is 502 g/mol. The number of rotatable bonds is 6. The lowest BCUT2D eigenvalue weighted by Gasteiger charge is -2.28. The van der Waals surface area contributed by atoms with E-state index in [0.717, 1.165) is 12.3 Å². The molecule has 2 unspecified atom stereocenters. The van der Waals surface area contributed by atoms with Gasteiger partial charge in [-0.25, -0.2) is 18.4 Å². The molecule has 2 heterocycles. The van der Waals surface area contributed by atoms with Gasteiger partial charge in [0.25, 0.3) is 0 Å². The van der Waals surface area contributed by atoms with Crippen LogP contribution < -0.4 is 21.4 Å². The Hall–Kier alpha value is -3.54. The minimum atomic E-state index is -1.47. The SMILES string of the molecule is CC(C)(C)OC(=O)C1(NC(=O)CN)CC12CCN(c1c(F)cc3c(=O)c(C(=O)O)cn(C4CC4)c3c1F)C2. The van der Waals surface area contributed by atoms with Gasteiger partial charge in [-0.15, -0.1) is 0 Å². The molecule has 2 aromatic rings. The maximum Gasteiger partial charge on any atom is 0.341 e. The number of nitrogens with zero attached hydrogens (tertiary/aromatic N) is 2. The molecule has 1 saturated heterocycles. The highest BCUT2D eigenvalue weighted by atomic mass is 19.1. The number of esters is 1. The molecule has 2 atom stereocenters. The van der Waals surface area contributed by atoms with Crippen molar-refractivity contribution in [3.63, 3.8) is 0 Å². The summed E-state index contributed by atoms with van der Waals surface area (Å²) < 4.78 is 38.5. The van der Waals surface area contributed by atoms with E-state index in [1.165, 1.54) is 9.47 Å². The second-order valence-corrected chi connectivity index (χ2v) is 11.5. The number of amides is 1. The maximum atomic E-state index is 16.1. The number of anilines is 1. The molecule has 204 valence electrons. The number of carbonyl (C=O) groups is 3. The number of carbonyl (C=O) groups excluding carboxylic acids is 2. The second-order valence-electron chi connectivity index (χ2n) is 11.5. The van der Waals surface area contributed by atoms with Crippen molar-refractivity contribution < 1.29 is 33.0 Å². The molecule has 2 saturated carbocycles. The van der Waals surface area contributed by atoms with E-state index in [1.807, 2.05) is 0 Å². The summed E-state index contributed by atoms with van der Waals surface area (Å²) in [5.41, 5.74) is 0.449. The number of ether oxygens (including phenoxy) is 1. The van der Waals surface area contributed by atoms with Crippen molar-refractivity contribution in [2.24, 2.45) is 11.1 Å². The van der Waals surface area contributed by atoms with Gasteiger partial charge < -0.3 is 30.4 Å². The highest BCUT2D eigenvalue weighted by Gasteiger charge is 2.75. The molecule has 0 bridgehead atoms. The molecule has 0 radical (unpaired) electrons. The van der Waals surface area contributed by atoms with Crippen LogP contribution in [0.5, 0.6) is 0 Å². The summed E-state index contributed by atoms with van der Waals surface area (Å²) in [5.74, 6) is -4.62. The van der Waals surface area contributed by atoms with E-state index in [2.05, 4.69) is 5.32 Å². The lowest BCUT2D eigenvalue weighted by molar-refractivity contribution is -0.161. The van der Waals surface area contributed by atoms with Gasteiger partial charge in [0.05, 0.1) is 17.4 Å². The summed E-state index contributed by atoms with van der Waals surface area (Å²) in [6.45, 7) is 5.01. The number of aromatic carboxylic acids is 1. The van der Waals surface area contributed by atoms with Gasteiger partial charge in [-0.3, -0.25) is 9.59 Å². The first-order valence-corrected chi connectivity index (χ1v) is 12.5. The van der Waals surface area contributed by atoms with E-state index in [1.54, 1.807) is 20.8 Å². The molecule has 2 aliphatic carbocycles. The fraction of sp³-hybridized carbons (Fsp3) is 0.538. The van der Waals surface area contributed by atoms with E-state index in [4.69, 9.17) is 10.5 Å². The van der Waals surface area contributed by atoms with Crippen molar-refractivity contribution in [3.05, 3.63) is 39.7 Å². The van der Waals surface area contributed by atoms with E-state index in [0.29, 0.717) is 19.3 Å². The van der Waals surface area contributed by atoms with Crippen LogP contribution >= 0.6 is 0 Å². The van der Waals surface area contributed by atoms with Crippen LogP contribution in [0.2, 0.25) is 0 Å². The number of hydrogen-bond donors (Lipinski definition) is 3. The number of aromatic nitrogens is 1. The van der Waals surface area contributed by atoms with Crippen LogP contribution in [0.3, 0.4) is 0 Å². The third-order valence-corrected chi connectivity index (χ3v) is 7.69. The lowest BCUT2D eigenvalue weighted by atomic mass is 9.98. The van der Waals surface area contributed by atoms with Crippen molar-refractivity contribution in [1.29, 1.82) is 0 Å². The Morgan fingerprint density at radius 2 is 1.95 bits per heavy atom. The van der Waals surface area contributed by atoms with Crippen molar-refractivity contribution in [3.8, 4) is 0 Å². The molecule has 1 aliphatic heterocycles. The highest BCUT2D eigenvalue weighted by Crippen LogP contribution is 2.63. The zero-order valence-corrected chi connectivity index (χ0v) is 21.4. The Kier molecular flexibility index (Phi) is 5.82. The standard InChI is InChI=1S/C26H30F2N4O6/c1-24(2,3)38-23(37)26(30-17(33)9-29)11-25(26)6-7-31(12-25)20-16(27)8-14-19(18(20)28)32(13-4-5-13)10-15(21(14)34)22(35)36/h8,10,13H,4-7,9,11-12,29H2,1-3H3,(H,30,33)(H,35,36). The number of halogens is 2.